The molecule has 2 aromatic heterocycles. The Bertz CT molecular complexity index is 1130. The van der Waals surface area contributed by atoms with Gasteiger partial charge < -0.3 is 20.3 Å². The number of pyridine rings is 1. The van der Waals surface area contributed by atoms with Crippen LogP contribution in [0.3, 0.4) is 0 Å². The van der Waals surface area contributed by atoms with E-state index in [1.165, 1.54) is 12.3 Å². The van der Waals surface area contributed by atoms with E-state index in [0.29, 0.717) is 30.4 Å². The zero-order chi connectivity index (χ0) is 23.8. The molecular formula is C23H25F3N6O. The molecule has 1 aliphatic heterocycles. The van der Waals surface area contributed by atoms with Crippen LogP contribution in [0.2, 0.25) is 0 Å². The van der Waals surface area contributed by atoms with Crippen LogP contribution in [0.4, 0.5) is 30.8 Å². The van der Waals surface area contributed by atoms with E-state index < -0.39 is 17.8 Å². The molecule has 0 aliphatic carbocycles. The molecule has 1 aliphatic rings. The lowest BCUT2D eigenvalue weighted by atomic mass is 9.99. The summed E-state index contributed by atoms with van der Waals surface area (Å²) in [6.45, 7) is 0.276. The number of anilines is 3. The number of nitrogens with two attached hydrogens (primary N) is 1. The Labute approximate surface area is 190 Å². The van der Waals surface area contributed by atoms with Crippen molar-refractivity contribution < 1.29 is 17.9 Å². The van der Waals surface area contributed by atoms with Gasteiger partial charge in [0.15, 0.2) is 0 Å². The topological polar surface area (TPSA) is 80.4 Å². The Morgan fingerprint density at radius 3 is 2.48 bits per heavy atom. The number of nitrogen functional groups attached to an aromatic ring is 1. The van der Waals surface area contributed by atoms with Gasteiger partial charge in [-0.1, -0.05) is 12.1 Å². The summed E-state index contributed by atoms with van der Waals surface area (Å²) in [6, 6.07) is 9.21. The van der Waals surface area contributed by atoms with E-state index in [0.717, 1.165) is 22.9 Å². The first-order valence-electron chi connectivity index (χ1n) is 10.4. The number of rotatable bonds is 4. The van der Waals surface area contributed by atoms with Gasteiger partial charge in [0.2, 0.25) is 5.95 Å². The van der Waals surface area contributed by atoms with Crippen molar-refractivity contribution in [3.63, 3.8) is 0 Å². The minimum atomic E-state index is -4.54. The Balaban J connectivity index is 1.86. The molecule has 2 N–H and O–H groups in total. The molecule has 174 valence electrons. The molecule has 0 radical (unpaired) electrons. The van der Waals surface area contributed by atoms with E-state index in [4.69, 9.17) is 10.5 Å². The van der Waals surface area contributed by atoms with Gasteiger partial charge in [-0.2, -0.15) is 18.2 Å². The molecule has 4 rings (SSSR count). The Morgan fingerprint density at radius 1 is 1.12 bits per heavy atom. The third-order valence-corrected chi connectivity index (χ3v) is 5.74. The monoisotopic (exact) mass is 458 g/mol. The smallest absolute Gasteiger partial charge is 0.419 e. The van der Waals surface area contributed by atoms with Crippen LogP contribution < -0.4 is 20.3 Å². The number of alkyl halides is 3. The standard InChI is InChI=1S/C23H25F3N6O/c1-31(2)22-29-18-13-19(14-6-8-15(33-3)9-7-14)32(12-10-16(18)20(27)30-22)21-17(23(24,25)26)5-4-11-28-21/h4-9,11,19H,10,12-13H2,1-3H3,(H2,27,29,30). The fraction of sp³-hybridized carbons (Fsp3) is 0.348. The van der Waals surface area contributed by atoms with Gasteiger partial charge >= 0.3 is 6.18 Å². The molecule has 0 amide bonds. The maximum atomic E-state index is 13.9. The fourth-order valence-electron chi connectivity index (χ4n) is 4.08. The molecule has 1 aromatic carbocycles. The predicted molar refractivity (Wildman–Crippen MR) is 120 cm³/mol. The quantitative estimate of drug-likeness (QED) is 0.635. The maximum absolute atomic E-state index is 13.9. The van der Waals surface area contributed by atoms with Crippen molar-refractivity contribution in [2.45, 2.75) is 25.1 Å². The molecule has 1 unspecified atom stereocenters. The van der Waals surface area contributed by atoms with Crippen LogP contribution in [0, 0.1) is 0 Å². The van der Waals surface area contributed by atoms with Crippen LogP contribution >= 0.6 is 0 Å². The minimum Gasteiger partial charge on any atom is -0.497 e. The summed E-state index contributed by atoms with van der Waals surface area (Å²) in [5, 5.41) is 0. The highest BCUT2D eigenvalue weighted by atomic mass is 19.4. The largest absolute Gasteiger partial charge is 0.497 e. The molecule has 3 aromatic rings. The summed E-state index contributed by atoms with van der Waals surface area (Å²) < 4.78 is 46.9. The van der Waals surface area contributed by atoms with Gasteiger partial charge in [0.25, 0.3) is 0 Å². The summed E-state index contributed by atoms with van der Waals surface area (Å²) in [6.07, 6.45) is -2.41. The molecule has 0 fully saturated rings. The van der Waals surface area contributed by atoms with Crippen LogP contribution in [-0.2, 0) is 19.0 Å². The molecule has 1 atom stereocenters. The van der Waals surface area contributed by atoms with Crippen molar-refractivity contribution >= 4 is 17.6 Å². The number of hydrogen-bond acceptors (Lipinski definition) is 7. The van der Waals surface area contributed by atoms with Gasteiger partial charge in [-0.25, -0.2) is 9.97 Å². The summed E-state index contributed by atoms with van der Waals surface area (Å²) in [7, 11) is 5.19. The van der Waals surface area contributed by atoms with Gasteiger partial charge in [0.1, 0.15) is 17.4 Å². The number of methoxy groups -OCH3 is 1. The zero-order valence-corrected chi connectivity index (χ0v) is 18.6. The second-order valence-electron chi connectivity index (χ2n) is 8.04. The summed E-state index contributed by atoms with van der Waals surface area (Å²) in [4.78, 5) is 16.7. The molecule has 0 spiro atoms. The van der Waals surface area contributed by atoms with Crippen molar-refractivity contribution in [2.75, 3.05) is 43.3 Å². The lowest BCUT2D eigenvalue weighted by Crippen LogP contribution is -2.33. The number of hydrogen-bond donors (Lipinski definition) is 1. The lowest BCUT2D eigenvalue weighted by molar-refractivity contribution is -0.137. The van der Waals surface area contributed by atoms with Gasteiger partial charge in [0, 0.05) is 38.8 Å². The third kappa shape index (κ3) is 4.50. The number of ether oxygens (including phenoxy) is 1. The summed E-state index contributed by atoms with van der Waals surface area (Å²) in [5.41, 5.74) is 7.77. The molecular weight excluding hydrogens is 433 g/mol. The van der Waals surface area contributed by atoms with Gasteiger partial charge in [-0.05, 0) is 36.2 Å². The van der Waals surface area contributed by atoms with Crippen molar-refractivity contribution in [2.24, 2.45) is 0 Å². The van der Waals surface area contributed by atoms with Crippen molar-refractivity contribution in [3.05, 3.63) is 65.0 Å². The number of halogens is 3. The van der Waals surface area contributed by atoms with Gasteiger partial charge in [-0.15, -0.1) is 0 Å². The highest BCUT2D eigenvalue weighted by molar-refractivity contribution is 5.55. The number of fused-ring (bicyclic) bond motifs is 1. The van der Waals surface area contributed by atoms with E-state index in [1.807, 2.05) is 26.2 Å². The van der Waals surface area contributed by atoms with Gasteiger partial charge in [0.05, 0.1) is 24.4 Å². The van der Waals surface area contributed by atoms with E-state index in [1.54, 1.807) is 29.0 Å². The number of aromatic nitrogens is 3. The van der Waals surface area contributed by atoms with E-state index in [-0.39, 0.29) is 12.4 Å². The predicted octanol–water partition coefficient (Wildman–Crippen LogP) is 3.89. The maximum Gasteiger partial charge on any atom is 0.419 e. The number of benzene rings is 1. The second kappa shape index (κ2) is 8.76. The molecule has 0 bridgehead atoms. The van der Waals surface area contributed by atoms with E-state index in [2.05, 4.69) is 15.0 Å². The SMILES string of the molecule is COc1ccc(C2Cc3nc(N(C)C)nc(N)c3CCN2c2ncccc2C(F)(F)F)cc1. The molecule has 7 nitrogen and oxygen atoms in total. The Kier molecular flexibility index (Phi) is 6.01. The fourth-order valence-corrected chi connectivity index (χ4v) is 4.08. The molecule has 3 heterocycles. The summed E-state index contributed by atoms with van der Waals surface area (Å²) >= 11 is 0. The minimum absolute atomic E-state index is 0.113. The first-order chi connectivity index (χ1) is 15.7. The molecule has 0 saturated carbocycles. The highest BCUT2D eigenvalue weighted by Crippen LogP contribution is 2.41. The van der Waals surface area contributed by atoms with Crippen LogP contribution in [-0.4, -0.2) is 42.7 Å². The Hall–Kier alpha value is -3.56. The van der Waals surface area contributed by atoms with E-state index in [9.17, 15) is 13.2 Å². The van der Waals surface area contributed by atoms with Crippen molar-refractivity contribution in [1.29, 1.82) is 0 Å². The first-order valence-corrected chi connectivity index (χ1v) is 10.4. The van der Waals surface area contributed by atoms with Crippen LogP contribution in [0.1, 0.15) is 28.4 Å². The van der Waals surface area contributed by atoms with Crippen LogP contribution in [0.5, 0.6) is 5.75 Å². The summed E-state index contributed by atoms with van der Waals surface area (Å²) in [5.74, 6) is 1.35. The first kappa shape index (κ1) is 22.6. The zero-order valence-electron chi connectivity index (χ0n) is 18.6. The average Bonchev–Trinajstić information content (AvgIpc) is 2.98. The molecule has 0 saturated heterocycles. The highest BCUT2D eigenvalue weighted by Gasteiger charge is 2.38. The van der Waals surface area contributed by atoms with Gasteiger partial charge in [-0.3, -0.25) is 0 Å². The van der Waals surface area contributed by atoms with E-state index >= 15 is 0 Å². The normalized spacial score (nSPS) is 16.2. The molecule has 10 heteroatoms. The molecule has 33 heavy (non-hydrogen) atoms. The van der Waals surface area contributed by atoms with Crippen molar-refractivity contribution in [1.82, 2.24) is 15.0 Å². The van der Waals surface area contributed by atoms with Crippen molar-refractivity contribution in [3.8, 4) is 5.75 Å². The van der Waals surface area contributed by atoms with Crippen LogP contribution in [0.15, 0.2) is 42.6 Å². The third-order valence-electron chi connectivity index (χ3n) is 5.74. The average molecular weight is 458 g/mol. The lowest BCUT2D eigenvalue weighted by Gasteiger charge is -2.33. The Morgan fingerprint density at radius 2 is 1.85 bits per heavy atom. The second-order valence-corrected chi connectivity index (χ2v) is 8.04. The van der Waals surface area contributed by atoms with Crippen LogP contribution in [0.25, 0.3) is 0 Å². The number of nitrogens with zero attached hydrogens (tertiary/aromatic N) is 5.